The van der Waals surface area contributed by atoms with Crippen LogP contribution < -0.4 is 10.1 Å². The highest BCUT2D eigenvalue weighted by Gasteiger charge is 2.23. The van der Waals surface area contributed by atoms with Gasteiger partial charge in [-0.15, -0.1) is 0 Å². The zero-order valence-electron chi connectivity index (χ0n) is 12.6. The van der Waals surface area contributed by atoms with E-state index in [2.05, 4.69) is 42.6 Å². The molecule has 110 valence electrons. The molecule has 1 saturated carbocycles. The summed E-state index contributed by atoms with van der Waals surface area (Å²) in [6.07, 6.45) is 3.73. The monoisotopic (exact) mass is 281 g/mol. The van der Waals surface area contributed by atoms with Gasteiger partial charge in [-0.3, -0.25) is 0 Å². The second kappa shape index (κ2) is 6.66. The van der Waals surface area contributed by atoms with Crippen LogP contribution in [0.2, 0.25) is 0 Å². The molecule has 3 rings (SSSR count). The number of hydrogen-bond donors (Lipinski definition) is 1. The van der Waals surface area contributed by atoms with E-state index in [4.69, 9.17) is 4.74 Å². The van der Waals surface area contributed by atoms with E-state index in [-0.39, 0.29) is 0 Å². The minimum absolute atomic E-state index is 0.760. The van der Waals surface area contributed by atoms with Crippen molar-refractivity contribution in [3.05, 3.63) is 59.7 Å². The third kappa shape index (κ3) is 3.78. The van der Waals surface area contributed by atoms with Crippen LogP contribution in [0.25, 0.3) is 0 Å². The maximum atomic E-state index is 5.78. The van der Waals surface area contributed by atoms with Crippen molar-refractivity contribution in [2.45, 2.75) is 38.6 Å². The number of benzene rings is 2. The molecule has 0 saturated heterocycles. The summed E-state index contributed by atoms with van der Waals surface area (Å²) >= 11 is 0. The van der Waals surface area contributed by atoms with Crippen LogP contribution in [-0.4, -0.2) is 6.61 Å². The minimum Gasteiger partial charge on any atom is -0.491 e. The molecule has 2 heteroatoms. The summed E-state index contributed by atoms with van der Waals surface area (Å²) in [5, 5.41) is 3.50. The van der Waals surface area contributed by atoms with Gasteiger partial charge in [0.15, 0.2) is 0 Å². The summed E-state index contributed by atoms with van der Waals surface area (Å²) in [7, 11) is 0. The Kier molecular flexibility index (Phi) is 4.44. The molecule has 1 aliphatic rings. The zero-order valence-corrected chi connectivity index (χ0v) is 12.6. The first kappa shape index (κ1) is 14.0. The Morgan fingerprint density at radius 2 is 1.95 bits per heavy atom. The third-order valence-corrected chi connectivity index (χ3v) is 3.83. The number of nitrogens with one attached hydrogen (secondary N) is 1. The van der Waals surface area contributed by atoms with Gasteiger partial charge in [0.1, 0.15) is 5.75 Å². The molecule has 2 aromatic carbocycles. The Hall–Kier alpha value is -1.96. The van der Waals surface area contributed by atoms with E-state index in [9.17, 15) is 0 Å². The SMILES string of the molecule is CCCOc1ccccc1NCc1cccc(C2CC2)c1. The molecule has 2 nitrogen and oxygen atoms in total. The van der Waals surface area contributed by atoms with Crippen LogP contribution in [0.4, 0.5) is 5.69 Å². The highest BCUT2D eigenvalue weighted by atomic mass is 16.5. The van der Waals surface area contributed by atoms with Crippen molar-refractivity contribution in [3.8, 4) is 5.75 Å². The van der Waals surface area contributed by atoms with Gasteiger partial charge >= 0.3 is 0 Å². The first-order valence-electron chi connectivity index (χ1n) is 7.91. The summed E-state index contributed by atoms with van der Waals surface area (Å²) in [5.41, 5.74) is 3.90. The van der Waals surface area contributed by atoms with Gasteiger partial charge < -0.3 is 10.1 Å². The number of ether oxygens (including phenoxy) is 1. The van der Waals surface area contributed by atoms with Gasteiger partial charge in [0.05, 0.1) is 12.3 Å². The van der Waals surface area contributed by atoms with Crippen molar-refractivity contribution < 1.29 is 4.74 Å². The van der Waals surface area contributed by atoms with Crippen molar-refractivity contribution in [1.29, 1.82) is 0 Å². The molecular weight excluding hydrogens is 258 g/mol. The van der Waals surface area contributed by atoms with E-state index in [1.165, 1.54) is 24.0 Å². The van der Waals surface area contributed by atoms with Gasteiger partial charge in [0.2, 0.25) is 0 Å². The lowest BCUT2D eigenvalue weighted by Gasteiger charge is -2.13. The first-order chi connectivity index (χ1) is 10.4. The molecule has 0 heterocycles. The Morgan fingerprint density at radius 3 is 2.76 bits per heavy atom. The normalized spacial score (nSPS) is 14.0. The third-order valence-electron chi connectivity index (χ3n) is 3.83. The van der Waals surface area contributed by atoms with Crippen LogP contribution in [0.15, 0.2) is 48.5 Å². The van der Waals surface area contributed by atoms with E-state index < -0.39 is 0 Å². The van der Waals surface area contributed by atoms with E-state index in [0.717, 1.165) is 36.9 Å². The van der Waals surface area contributed by atoms with Gasteiger partial charge in [0, 0.05) is 6.54 Å². The second-order valence-corrected chi connectivity index (χ2v) is 5.72. The summed E-state index contributed by atoms with van der Waals surface area (Å²) in [6.45, 7) is 3.72. The molecular formula is C19H23NO. The molecule has 2 aromatic rings. The van der Waals surface area contributed by atoms with Crippen LogP contribution in [0.3, 0.4) is 0 Å². The molecule has 1 N–H and O–H groups in total. The van der Waals surface area contributed by atoms with Crippen LogP contribution >= 0.6 is 0 Å². The molecule has 0 radical (unpaired) electrons. The van der Waals surface area contributed by atoms with E-state index in [1.807, 2.05) is 18.2 Å². The number of para-hydroxylation sites is 2. The molecule has 0 aliphatic heterocycles. The molecule has 0 unspecified atom stereocenters. The predicted molar refractivity (Wildman–Crippen MR) is 88.0 cm³/mol. The number of anilines is 1. The summed E-state index contributed by atoms with van der Waals surface area (Å²) < 4.78 is 5.78. The lowest BCUT2D eigenvalue weighted by Crippen LogP contribution is -2.03. The maximum absolute atomic E-state index is 5.78. The van der Waals surface area contributed by atoms with Crippen LogP contribution in [0, 0.1) is 0 Å². The van der Waals surface area contributed by atoms with Crippen molar-refractivity contribution in [3.63, 3.8) is 0 Å². The highest BCUT2D eigenvalue weighted by Crippen LogP contribution is 2.40. The molecule has 0 atom stereocenters. The van der Waals surface area contributed by atoms with Gasteiger partial charge in [-0.05, 0) is 48.4 Å². The molecule has 0 aromatic heterocycles. The largest absolute Gasteiger partial charge is 0.491 e. The van der Waals surface area contributed by atoms with Crippen LogP contribution in [-0.2, 0) is 6.54 Å². The van der Waals surface area contributed by atoms with Crippen molar-refractivity contribution in [1.82, 2.24) is 0 Å². The second-order valence-electron chi connectivity index (χ2n) is 5.72. The average Bonchev–Trinajstić information content (AvgIpc) is 3.37. The summed E-state index contributed by atoms with van der Waals surface area (Å²) in [6, 6.07) is 17.1. The van der Waals surface area contributed by atoms with Crippen molar-refractivity contribution in [2.24, 2.45) is 0 Å². The Morgan fingerprint density at radius 1 is 1.10 bits per heavy atom. The number of hydrogen-bond acceptors (Lipinski definition) is 2. The topological polar surface area (TPSA) is 21.3 Å². The van der Waals surface area contributed by atoms with E-state index >= 15 is 0 Å². The molecule has 1 fully saturated rings. The van der Waals surface area contributed by atoms with Gasteiger partial charge in [-0.25, -0.2) is 0 Å². The Balaban J connectivity index is 1.65. The number of rotatable bonds is 7. The first-order valence-corrected chi connectivity index (χ1v) is 7.91. The lowest BCUT2D eigenvalue weighted by molar-refractivity contribution is 0.319. The molecule has 0 amide bonds. The van der Waals surface area contributed by atoms with E-state index in [0.29, 0.717) is 0 Å². The summed E-state index contributed by atoms with van der Waals surface area (Å²) in [4.78, 5) is 0. The van der Waals surface area contributed by atoms with Crippen molar-refractivity contribution in [2.75, 3.05) is 11.9 Å². The molecule has 0 bridgehead atoms. The summed E-state index contributed by atoms with van der Waals surface area (Å²) in [5.74, 6) is 1.75. The Bertz CT molecular complexity index is 590. The van der Waals surface area contributed by atoms with Crippen LogP contribution in [0.5, 0.6) is 5.75 Å². The predicted octanol–water partition coefficient (Wildman–Crippen LogP) is 4.96. The van der Waals surface area contributed by atoms with E-state index in [1.54, 1.807) is 0 Å². The lowest BCUT2D eigenvalue weighted by atomic mass is 10.1. The van der Waals surface area contributed by atoms with Crippen LogP contribution in [0.1, 0.15) is 43.2 Å². The van der Waals surface area contributed by atoms with Gasteiger partial charge in [-0.2, -0.15) is 0 Å². The highest BCUT2D eigenvalue weighted by molar-refractivity contribution is 5.56. The Labute approximate surface area is 127 Å². The van der Waals surface area contributed by atoms with Gasteiger partial charge in [-0.1, -0.05) is 43.3 Å². The van der Waals surface area contributed by atoms with Crippen molar-refractivity contribution >= 4 is 5.69 Å². The average molecular weight is 281 g/mol. The molecule has 21 heavy (non-hydrogen) atoms. The fourth-order valence-electron chi connectivity index (χ4n) is 2.52. The molecule has 1 aliphatic carbocycles. The standard InChI is InChI=1S/C19H23NO/c1-2-12-21-19-9-4-3-8-18(19)20-14-15-6-5-7-17(13-15)16-10-11-16/h3-9,13,16,20H,2,10-12,14H2,1H3. The molecule has 0 spiro atoms. The zero-order chi connectivity index (χ0) is 14.5. The fourth-order valence-corrected chi connectivity index (χ4v) is 2.52. The fraction of sp³-hybridized carbons (Fsp3) is 0.368. The quantitative estimate of drug-likeness (QED) is 0.774. The maximum Gasteiger partial charge on any atom is 0.142 e. The minimum atomic E-state index is 0.760. The van der Waals surface area contributed by atoms with Gasteiger partial charge in [0.25, 0.3) is 0 Å². The smallest absolute Gasteiger partial charge is 0.142 e.